The Morgan fingerprint density at radius 3 is 2.68 bits per heavy atom. The third-order valence-electron chi connectivity index (χ3n) is 3.95. The third-order valence-corrected chi connectivity index (χ3v) is 4.89. The second-order valence-electron chi connectivity index (χ2n) is 5.64. The molecule has 0 saturated carbocycles. The topological polar surface area (TPSA) is 105 Å². The zero-order valence-electron chi connectivity index (χ0n) is 15.0. The lowest BCUT2D eigenvalue weighted by Gasteiger charge is -2.08. The molecule has 3 aromatic heterocycles. The molecule has 1 aromatic carbocycles. The van der Waals surface area contributed by atoms with E-state index >= 15 is 0 Å². The molecule has 3 heterocycles. The largest absolute Gasteiger partial charge is 0.493 e. The van der Waals surface area contributed by atoms with Crippen molar-refractivity contribution in [2.75, 3.05) is 14.2 Å². The van der Waals surface area contributed by atoms with Crippen LogP contribution in [-0.2, 0) is 6.54 Å². The molecule has 0 N–H and O–H groups in total. The molecular formula is C18H15N5O4S. The van der Waals surface area contributed by atoms with Crippen LogP contribution in [0.25, 0.3) is 22.2 Å². The summed E-state index contributed by atoms with van der Waals surface area (Å²) < 4.78 is 16.7. The molecule has 0 spiro atoms. The fraction of sp³-hybridized carbons (Fsp3) is 0.167. The molecule has 0 radical (unpaired) electrons. The van der Waals surface area contributed by atoms with E-state index < -0.39 is 5.76 Å². The van der Waals surface area contributed by atoms with E-state index in [0.717, 1.165) is 10.6 Å². The van der Waals surface area contributed by atoms with Crippen LogP contribution in [0, 0.1) is 0 Å². The number of ether oxygens (including phenoxy) is 2. The first-order chi connectivity index (χ1) is 13.7. The Bertz CT molecular complexity index is 1150. The summed E-state index contributed by atoms with van der Waals surface area (Å²) in [5.41, 5.74) is 1.58. The zero-order chi connectivity index (χ0) is 19.5. The second kappa shape index (κ2) is 7.61. The minimum Gasteiger partial charge on any atom is -0.493 e. The molecule has 0 aliphatic heterocycles. The standard InChI is InChI=1S/C18H15N5O4S/c1-25-13-5-4-11(8-14(13)26-2)17-21-12(10-28-17)9-23-16(22-27-18(23)24)15-19-6-3-7-20-15/h3-8,10H,9H2,1-2H3. The lowest BCUT2D eigenvalue weighted by Crippen LogP contribution is -2.17. The van der Waals surface area contributed by atoms with Gasteiger partial charge in [-0.1, -0.05) is 5.16 Å². The first-order valence-electron chi connectivity index (χ1n) is 8.20. The Morgan fingerprint density at radius 1 is 1.14 bits per heavy atom. The van der Waals surface area contributed by atoms with E-state index in [1.54, 1.807) is 32.7 Å². The van der Waals surface area contributed by atoms with E-state index in [1.165, 1.54) is 15.9 Å². The summed E-state index contributed by atoms with van der Waals surface area (Å²) in [6.07, 6.45) is 3.15. The maximum Gasteiger partial charge on any atom is 0.442 e. The number of thiazole rings is 1. The number of methoxy groups -OCH3 is 2. The van der Waals surface area contributed by atoms with Gasteiger partial charge < -0.3 is 9.47 Å². The van der Waals surface area contributed by atoms with E-state index in [9.17, 15) is 4.79 Å². The maximum atomic E-state index is 12.1. The Labute approximate surface area is 163 Å². The van der Waals surface area contributed by atoms with Gasteiger partial charge >= 0.3 is 5.76 Å². The molecule has 28 heavy (non-hydrogen) atoms. The third kappa shape index (κ3) is 3.37. The summed E-state index contributed by atoms with van der Waals surface area (Å²) >= 11 is 1.46. The van der Waals surface area contributed by atoms with Gasteiger partial charge in [0.2, 0.25) is 5.82 Å². The predicted molar refractivity (Wildman–Crippen MR) is 102 cm³/mol. The summed E-state index contributed by atoms with van der Waals surface area (Å²) in [5, 5.41) is 6.45. The molecule has 0 atom stereocenters. The number of hydrogen-bond donors (Lipinski definition) is 0. The number of nitrogens with zero attached hydrogens (tertiary/aromatic N) is 5. The SMILES string of the molecule is COc1ccc(-c2nc(Cn3c(-c4ncccn4)noc3=O)cs2)cc1OC. The lowest BCUT2D eigenvalue weighted by molar-refractivity contribution is 0.355. The van der Waals surface area contributed by atoms with Gasteiger partial charge in [0.1, 0.15) is 5.01 Å². The molecule has 0 bridgehead atoms. The number of aromatic nitrogens is 5. The molecule has 4 rings (SSSR count). The molecule has 0 fully saturated rings. The fourth-order valence-corrected chi connectivity index (χ4v) is 3.43. The highest BCUT2D eigenvalue weighted by molar-refractivity contribution is 7.13. The lowest BCUT2D eigenvalue weighted by atomic mass is 10.2. The van der Waals surface area contributed by atoms with Crippen LogP contribution in [0.4, 0.5) is 0 Å². The molecule has 4 aromatic rings. The van der Waals surface area contributed by atoms with Crippen LogP contribution in [0.5, 0.6) is 11.5 Å². The van der Waals surface area contributed by atoms with Crippen molar-refractivity contribution in [3.8, 4) is 33.7 Å². The average molecular weight is 397 g/mol. The summed E-state index contributed by atoms with van der Waals surface area (Å²) in [6, 6.07) is 7.27. The highest BCUT2D eigenvalue weighted by atomic mass is 32.1. The Hall–Kier alpha value is -3.53. The molecule has 10 heteroatoms. The van der Waals surface area contributed by atoms with Gasteiger partial charge in [-0.05, 0) is 24.3 Å². The molecule has 142 valence electrons. The normalized spacial score (nSPS) is 10.8. The van der Waals surface area contributed by atoms with Crippen molar-refractivity contribution in [3.05, 3.63) is 58.3 Å². The van der Waals surface area contributed by atoms with E-state index in [1.807, 2.05) is 23.6 Å². The van der Waals surface area contributed by atoms with Gasteiger partial charge in [-0.3, -0.25) is 4.52 Å². The van der Waals surface area contributed by atoms with Gasteiger partial charge in [0, 0.05) is 23.3 Å². The number of rotatable bonds is 6. The quantitative estimate of drug-likeness (QED) is 0.489. The number of benzene rings is 1. The molecule has 0 unspecified atom stereocenters. The molecular weight excluding hydrogens is 382 g/mol. The minimum atomic E-state index is -0.594. The first-order valence-corrected chi connectivity index (χ1v) is 9.08. The van der Waals surface area contributed by atoms with Crippen LogP contribution in [0.1, 0.15) is 5.69 Å². The van der Waals surface area contributed by atoms with Gasteiger partial charge in [-0.2, -0.15) is 0 Å². The van der Waals surface area contributed by atoms with Crippen molar-refractivity contribution in [2.24, 2.45) is 0 Å². The summed E-state index contributed by atoms with van der Waals surface area (Å²) in [7, 11) is 3.17. The fourth-order valence-electron chi connectivity index (χ4n) is 2.63. The van der Waals surface area contributed by atoms with Crippen LogP contribution in [0.2, 0.25) is 0 Å². The minimum absolute atomic E-state index is 0.194. The van der Waals surface area contributed by atoms with Crippen LogP contribution in [0.3, 0.4) is 0 Å². The highest BCUT2D eigenvalue weighted by Crippen LogP contribution is 2.33. The van der Waals surface area contributed by atoms with Crippen molar-refractivity contribution in [1.82, 2.24) is 24.7 Å². The van der Waals surface area contributed by atoms with Crippen LogP contribution in [0.15, 0.2) is 51.4 Å². The van der Waals surface area contributed by atoms with Gasteiger partial charge in [0.25, 0.3) is 0 Å². The Balaban J connectivity index is 1.64. The van der Waals surface area contributed by atoms with Crippen LogP contribution < -0.4 is 15.2 Å². The van der Waals surface area contributed by atoms with E-state index in [0.29, 0.717) is 23.0 Å². The Morgan fingerprint density at radius 2 is 1.93 bits per heavy atom. The molecule has 0 aliphatic carbocycles. The van der Waals surface area contributed by atoms with E-state index in [2.05, 4.69) is 20.1 Å². The van der Waals surface area contributed by atoms with Gasteiger partial charge in [0.15, 0.2) is 17.3 Å². The van der Waals surface area contributed by atoms with Crippen molar-refractivity contribution in [1.29, 1.82) is 0 Å². The number of hydrogen-bond acceptors (Lipinski definition) is 9. The molecule has 9 nitrogen and oxygen atoms in total. The van der Waals surface area contributed by atoms with Crippen molar-refractivity contribution < 1.29 is 14.0 Å². The van der Waals surface area contributed by atoms with Crippen LogP contribution >= 0.6 is 11.3 Å². The van der Waals surface area contributed by atoms with Gasteiger partial charge in [-0.25, -0.2) is 24.3 Å². The molecule has 0 amide bonds. The van der Waals surface area contributed by atoms with Crippen molar-refractivity contribution >= 4 is 11.3 Å². The van der Waals surface area contributed by atoms with E-state index in [-0.39, 0.29) is 12.4 Å². The predicted octanol–water partition coefficient (Wildman–Crippen LogP) is 2.48. The maximum absolute atomic E-state index is 12.1. The highest BCUT2D eigenvalue weighted by Gasteiger charge is 2.17. The zero-order valence-corrected chi connectivity index (χ0v) is 15.8. The van der Waals surface area contributed by atoms with Crippen molar-refractivity contribution in [3.63, 3.8) is 0 Å². The molecule has 0 aliphatic rings. The monoisotopic (exact) mass is 397 g/mol. The van der Waals surface area contributed by atoms with Crippen molar-refractivity contribution in [2.45, 2.75) is 6.54 Å². The smallest absolute Gasteiger partial charge is 0.442 e. The summed E-state index contributed by atoms with van der Waals surface area (Å²) in [4.78, 5) is 24.9. The molecule has 0 saturated heterocycles. The average Bonchev–Trinajstić information content (AvgIpc) is 3.35. The van der Waals surface area contributed by atoms with Gasteiger partial charge in [0.05, 0.1) is 26.5 Å². The van der Waals surface area contributed by atoms with E-state index in [4.69, 9.17) is 14.0 Å². The Kier molecular flexibility index (Phi) is 4.85. The summed E-state index contributed by atoms with van der Waals surface area (Å²) in [6.45, 7) is 0.194. The van der Waals surface area contributed by atoms with Gasteiger partial charge in [-0.15, -0.1) is 11.3 Å². The first kappa shape index (κ1) is 17.9. The second-order valence-corrected chi connectivity index (χ2v) is 6.50. The van der Waals surface area contributed by atoms with Crippen LogP contribution in [-0.4, -0.2) is 38.9 Å². The summed E-state index contributed by atoms with van der Waals surface area (Å²) in [5.74, 6) is 1.24.